The molecule has 11 heteroatoms. The molecule has 0 bridgehead atoms. The van der Waals surface area contributed by atoms with E-state index in [9.17, 15) is 21.6 Å². The minimum absolute atomic E-state index is 0.0215. The maximum Gasteiger partial charge on any atom is 0.336 e. The lowest BCUT2D eigenvalue weighted by atomic mass is 10.3. The van der Waals surface area contributed by atoms with E-state index in [4.69, 9.17) is 5.11 Å². The van der Waals surface area contributed by atoms with Gasteiger partial charge in [0.15, 0.2) is 0 Å². The van der Waals surface area contributed by atoms with E-state index in [1.807, 2.05) is 6.92 Å². The molecule has 3 N–H and O–H groups in total. The van der Waals surface area contributed by atoms with E-state index in [0.29, 0.717) is 13.0 Å². The van der Waals surface area contributed by atoms with E-state index in [1.54, 1.807) is 0 Å². The van der Waals surface area contributed by atoms with Gasteiger partial charge in [-0.15, -0.1) is 11.3 Å². The quantitative estimate of drug-likeness (QED) is 0.616. The standard InChI is InChI=1S/C14H16N2O6S3/c1-2-7-15-24(19,20)12-5-3-11(4-6-12)16-25(21,22)13-8-10(9-23-13)14(17)18/h3-6,8-9,15-16H,2,7H2,1H3,(H,17,18). The minimum atomic E-state index is -3.95. The van der Waals surface area contributed by atoms with Gasteiger partial charge in [0, 0.05) is 17.6 Å². The van der Waals surface area contributed by atoms with Crippen LogP contribution in [0.25, 0.3) is 0 Å². The fraction of sp³-hybridized carbons (Fsp3) is 0.214. The number of nitrogens with one attached hydrogen (secondary N) is 2. The third kappa shape index (κ3) is 4.78. The number of thiophene rings is 1. The van der Waals surface area contributed by atoms with E-state index < -0.39 is 26.0 Å². The Morgan fingerprint density at radius 3 is 2.28 bits per heavy atom. The Bertz CT molecular complexity index is 962. The third-order valence-corrected chi connectivity index (χ3v) is 7.34. The molecule has 0 spiro atoms. The lowest BCUT2D eigenvalue weighted by molar-refractivity contribution is 0.0697. The lowest BCUT2D eigenvalue weighted by Crippen LogP contribution is -2.24. The van der Waals surface area contributed by atoms with E-state index in [1.165, 1.54) is 29.6 Å². The average Bonchev–Trinajstić information content (AvgIpc) is 3.04. The highest BCUT2D eigenvalue weighted by molar-refractivity contribution is 7.94. The van der Waals surface area contributed by atoms with Gasteiger partial charge in [0.25, 0.3) is 10.0 Å². The number of anilines is 1. The smallest absolute Gasteiger partial charge is 0.336 e. The second-order valence-corrected chi connectivity index (χ2v) is 9.57. The van der Waals surface area contributed by atoms with Gasteiger partial charge in [-0.3, -0.25) is 4.72 Å². The molecule has 2 aromatic rings. The first-order valence-electron chi connectivity index (χ1n) is 7.10. The van der Waals surface area contributed by atoms with Gasteiger partial charge in [0.05, 0.1) is 10.5 Å². The monoisotopic (exact) mass is 404 g/mol. The summed E-state index contributed by atoms with van der Waals surface area (Å²) in [5.41, 5.74) is 0.0496. The summed E-state index contributed by atoms with van der Waals surface area (Å²) in [4.78, 5) is 10.9. The van der Waals surface area contributed by atoms with Crippen LogP contribution in [0.15, 0.2) is 44.8 Å². The zero-order chi connectivity index (χ0) is 18.7. The van der Waals surface area contributed by atoms with Crippen LogP contribution in [0, 0.1) is 0 Å². The number of rotatable bonds is 8. The fourth-order valence-corrected chi connectivity index (χ4v) is 5.14. The van der Waals surface area contributed by atoms with Crippen LogP contribution in [0.2, 0.25) is 0 Å². The van der Waals surface area contributed by atoms with Gasteiger partial charge in [-0.2, -0.15) is 0 Å². The summed E-state index contributed by atoms with van der Waals surface area (Å²) in [7, 11) is -7.58. The highest BCUT2D eigenvalue weighted by atomic mass is 32.2. The zero-order valence-electron chi connectivity index (χ0n) is 13.1. The molecule has 25 heavy (non-hydrogen) atoms. The SMILES string of the molecule is CCCNS(=O)(=O)c1ccc(NS(=O)(=O)c2cc(C(=O)O)cs2)cc1. The van der Waals surface area contributed by atoms with Gasteiger partial charge in [-0.05, 0) is 36.8 Å². The van der Waals surface area contributed by atoms with Crippen LogP contribution in [0.4, 0.5) is 5.69 Å². The van der Waals surface area contributed by atoms with Crippen LogP contribution < -0.4 is 9.44 Å². The van der Waals surface area contributed by atoms with Crippen molar-refractivity contribution in [1.29, 1.82) is 0 Å². The first kappa shape index (κ1) is 19.4. The van der Waals surface area contributed by atoms with Gasteiger partial charge in [-0.25, -0.2) is 26.4 Å². The van der Waals surface area contributed by atoms with Crippen LogP contribution in [-0.4, -0.2) is 34.5 Å². The van der Waals surface area contributed by atoms with Crippen molar-refractivity contribution in [2.75, 3.05) is 11.3 Å². The minimum Gasteiger partial charge on any atom is -0.478 e. The van der Waals surface area contributed by atoms with Crippen molar-refractivity contribution in [1.82, 2.24) is 4.72 Å². The summed E-state index contributed by atoms with van der Waals surface area (Å²) in [5, 5.41) is 10.1. The highest BCUT2D eigenvalue weighted by Crippen LogP contribution is 2.24. The Morgan fingerprint density at radius 1 is 1.12 bits per heavy atom. The lowest BCUT2D eigenvalue weighted by Gasteiger charge is -2.08. The number of sulfonamides is 2. The molecule has 0 saturated carbocycles. The molecule has 1 aromatic heterocycles. The van der Waals surface area contributed by atoms with Crippen LogP contribution in [0.3, 0.4) is 0 Å². The van der Waals surface area contributed by atoms with E-state index in [2.05, 4.69) is 9.44 Å². The first-order valence-corrected chi connectivity index (χ1v) is 10.9. The van der Waals surface area contributed by atoms with Crippen molar-refractivity contribution >= 4 is 43.0 Å². The molecule has 0 unspecified atom stereocenters. The molecule has 0 aliphatic heterocycles. The van der Waals surface area contributed by atoms with E-state index in [0.717, 1.165) is 17.4 Å². The van der Waals surface area contributed by atoms with Crippen molar-refractivity contribution in [2.45, 2.75) is 22.4 Å². The summed E-state index contributed by atoms with van der Waals surface area (Å²) < 4.78 is 53.0. The van der Waals surface area contributed by atoms with E-state index in [-0.39, 0.29) is 20.4 Å². The third-order valence-electron chi connectivity index (χ3n) is 3.05. The maximum absolute atomic E-state index is 12.2. The van der Waals surface area contributed by atoms with Gasteiger partial charge in [0.1, 0.15) is 4.21 Å². The Hall–Kier alpha value is -1.95. The predicted molar refractivity (Wildman–Crippen MR) is 94.0 cm³/mol. The van der Waals surface area contributed by atoms with Crippen molar-refractivity contribution < 1.29 is 26.7 Å². The molecular formula is C14H16N2O6S3. The molecule has 0 aliphatic rings. The average molecular weight is 404 g/mol. The topological polar surface area (TPSA) is 130 Å². The number of carbonyl (C=O) groups is 1. The molecule has 0 saturated heterocycles. The molecule has 2 rings (SSSR count). The zero-order valence-corrected chi connectivity index (χ0v) is 15.5. The van der Waals surface area contributed by atoms with Crippen LogP contribution >= 0.6 is 11.3 Å². The van der Waals surface area contributed by atoms with Gasteiger partial charge >= 0.3 is 5.97 Å². The summed E-state index contributed by atoms with van der Waals surface area (Å²) in [6.45, 7) is 2.14. The molecule has 0 radical (unpaired) electrons. The summed E-state index contributed by atoms with van der Waals surface area (Å²) >= 11 is 0.783. The highest BCUT2D eigenvalue weighted by Gasteiger charge is 2.19. The molecule has 1 heterocycles. The van der Waals surface area contributed by atoms with Crippen LogP contribution in [0.5, 0.6) is 0 Å². The summed E-state index contributed by atoms with van der Waals surface area (Å²) in [5.74, 6) is -1.22. The van der Waals surface area contributed by atoms with Gasteiger partial charge in [0.2, 0.25) is 10.0 Å². The molecular weight excluding hydrogens is 388 g/mol. The molecule has 8 nitrogen and oxygen atoms in total. The molecule has 0 fully saturated rings. The second-order valence-electron chi connectivity index (χ2n) is 4.99. The number of hydrogen-bond acceptors (Lipinski definition) is 6. The van der Waals surface area contributed by atoms with Crippen LogP contribution in [0.1, 0.15) is 23.7 Å². The van der Waals surface area contributed by atoms with E-state index >= 15 is 0 Å². The van der Waals surface area contributed by atoms with Crippen molar-refractivity contribution in [3.8, 4) is 0 Å². The molecule has 136 valence electrons. The Morgan fingerprint density at radius 2 is 1.76 bits per heavy atom. The fourth-order valence-electron chi connectivity index (χ4n) is 1.80. The largest absolute Gasteiger partial charge is 0.478 e. The number of benzene rings is 1. The second kappa shape index (κ2) is 7.52. The van der Waals surface area contributed by atoms with Crippen LogP contribution in [-0.2, 0) is 20.0 Å². The molecule has 0 atom stereocenters. The molecule has 0 amide bonds. The number of hydrogen-bond donors (Lipinski definition) is 3. The Balaban J connectivity index is 2.18. The maximum atomic E-state index is 12.2. The number of carboxylic acids is 1. The number of aromatic carboxylic acids is 1. The van der Waals surface area contributed by atoms with Crippen molar-refractivity contribution in [2.24, 2.45) is 0 Å². The van der Waals surface area contributed by atoms with Gasteiger partial charge in [-0.1, -0.05) is 6.92 Å². The summed E-state index contributed by atoms with van der Waals surface area (Å²) in [6.07, 6.45) is 0.649. The summed E-state index contributed by atoms with van der Waals surface area (Å²) in [6, 6.07) is 6.27. The first-order chi connectivity index (χ1) is 11.7. The van der Waals surface area contributed by atoms with Crippen molar-refractivity contribution in [3.05, 3.63) is 41.3 Å². The Labute approximate surface area is 149 Å². The van der Waals surface area contributed by atoms with Crippen molar-refractivity contribution in [3.63, 3.8) is 0 Å². The normalized spacial score (nSPS) is 12.0. The predicted octanol–water partition coefficient (Wildman–Crippen LogP) is 1.94. The van der Waals surface area contributed by atoms with Gasteiger partial charge < -0.3 is 5.11 Å². The Kier molecular flexibility index (Phi) is 5.83. The number of carboxylic acid groups (broad SMARTS) is 1. The molecule has 1 aromatic carbocycles. The molecule has 0 aliphatic carbocycles.